The molecule has 1 fully saturated rings. The van der Waals surface area contributed by atoms with Gasteiger partial charge in [-0.25, -0.2) is 0 Å². The van der Waals surface area contributed by atoms with Gasteiger partial charge in [-0.15, -0.1) is 0 Å². The highest BCUT2D eigenvalue weighted by atomic mass is 16.5. The average Bonchev–Trinajstić information content (AvgIpc) is 3.25. The van der Waals surface area contributed by atoms with Crippen LogP contribution in [0.3, 0.4) is 0 Å². The van der Waals surface area contributed by atoms with Crippen LogP contribution >= 0.6 is 0 Å². The van der Waals surface area contributed by atoms with Crippen LogP contribution in [0.2, 0.25) is 0 Å². The Morgan fingerprint density at radius 2 is 1.35 bits per heavy atom. The first-order chi connectivity index (χ1) is 15.1. The summed E-state index contributed by atoms with van der Waals surface area (Å²) < 4.78 is 10.3. The standard InChI is InChI=1S/C26H25NO4/c1-30-20-15-13-19(14-16-20)25(28)22-21(17-9-5-3-6-10-17)24(26(29)31-2)27-23(22)18-11-7-4-8-12-18/h3-16,21-24,27H,1-2H3/t21-,22-,23+,24+/m1/s1. The van der Waals surface area contributed by atoms with Crippen molar-refractivity contribution in [3.63, 3.8) is 0 Å². The lowest BCUT2D eigenvalue weighted by Gasteiger charge is -2.25. The third-order valence-electron chi connectivity index (χ3n) is 5.94. The number of carbonyl (C=O) groups excluding carboxylic acids is 2. The number of carbonyl (C=O) groups is 2. The lowest BCUT2D eigenvalue weighted by Crippen LogP contribution is -2.36. The van der Waals surface area contributed by atoms with E-state index in [0.717, 1.165) is 11.1 Å². The number of rotatable bonds is 6. The van der Waals surface area contributed by atoms with Gasteiger partial charge >= 0.3 is 5.97 Å². The molecule has 0 aromatic heterocycles. The van der Waals surface area contributed by atoms with Crippen molar-refractivity contribution in [3.05, 3.63) is 102 Å². The first-order valence-corrected chi connectivity index (χ1v) is 10.3. The molecule has 4 rings (SSSR count). The van der Waals surface area contributed by atoms with Gasteiger partial charge in [-0.1, -0.05) is 60.7 Å². The first-order valence-electron chi connectivity index (χ1n) is 10.3. The first kappa shape index (κ1) is 20.8. The molecular weight excluding hydrogens is 390 g/mol. The summed E-state index contributed by atoms with van der Waals surface area (Å²) in [5, 5.41) is 3.41. The molecule has 1 heterocycles. The Morgan fingerprint density at radius 3 is 1.90 bits per heavy atom. The van der Waals surface area contributed by atoms with Crippen molar-refractivity contribution in [3.8, 4) is 5.75 Å². The van der Waals surface area contributed by atoms with E-state index in [0.29, 0.717) is 11.3 Å². The molecular formula is C26H25NO4. The summed E-state index contributed by atoms with van der Waals surface area (Å²) in [6.07, 6.45) is 0. The van der Waals surface area contributed by atoms with Crippen LogP contribution in [0, 0.1) is 5.92 Å². The predicted molar refractivity (Wildman–Crippen MR) is 118 cm³/mol. The van der Waals surface area contributed by atoms with Crippen molar-refractivity contribution in [1.82, 2.24) is 5.32 Å². The Morgan fingerprint density at radius 1 is 0.774 bits per heavy atom. The molecule has 3 aromatic rings. The third kappa shape index (κ3) is 4.09. The molecule has 158 valence electrons. The van der Waals surface area contributed by atoms with Gasteiger partial charge < -0.3 is 9.47 Å². The highest BCUT2D eigenvalue weighted by Crippen LogP contribution is 2.45. The van der Waals surface area contributed by atoms with E-state index in [2.05, 4.69) is 5.32 Å². The second kappa shape index (κ2) is 9.14. The smallest absolute Gasteiger partial charge is 0.323 e. The van der Waals surface area contributed by atoms with Gasteiger partial charge in [0.15, 0.2) is 5.78 Å². The van der Waals surface area contributed by atoms with Crippen molar-refractivity contribution >= 4 is 11.8 Å². The van der Waals surface area contributed by atoms with E-state index in [4.69, 9.17) is 9.47 Å². The van der Waals surface area contributed by atoms with Crippen LogP contribution in [0.5, 0.6) is 5.75 Å². The molecule has 31 heavy (non-hydrogen) atoms. The zero-order chi connectivity index (χ0) is 21.8. The van der Waals surface area contributed by atoms with E-state index in [9.17, 15) is 9.59 Å². The maximum atomic E-state index is 13.8. The van der Waals surface area contributed by atoms with Crippen LogP contribution in [-0.2, 0) is 9.53 Å². The van der Waals surface area contributed by atoms with Gasteiger partial charge in [0.25, 0.3) is 0 Å². The Bertz CT molecular complexity index is 1030. The fourth-order valence-electron chi connectivity index (χ4n) is 4.46. The molecule has 1 N–H and O–H groups in total. The second-order valence-corrected chi connectivity index (χ2v) is 7.61. The zero-order valence-electron chi connectivity index (χ0n) is 17.5. The van der Waals surface area contributed by atoms with Crippen molar-refractivity contribution in [1.29, 1.82) is 0 Å². The average molecular weight is 415 g/mol. The summed E-state index contributed by atoms with van der Waals surface area (Å²) in [6, 6.07) is 25.6. The number of benzene rings is 3. The SMILES string of the molecule is COC(=O)[C@H]1N[C@@H](c2ccccc2)[C@H](C(=O)c2ccc(OC)cc2)[C@H]1c1ccccc1. The van der Waals surface area contributed by atoms with E-state index >= 15 is 0 Å². The van der Waals surface area contributed by atoms with Crippen molar-refractivity contribution in [2.45, 2.75) is 18.0 Å². The second-order valence-electron chi connectivity index (χ2n) is 7.61. The van der Waals surface area contributed by atoms with Crippen LogP contribution < -0.4 is 10.1 Å². The molecule has 0 bridgehead atoms. The molecule has 0 radical (unpaired) electrons. The Kier molecular flexibility index (Phi) is 6.14. The van der Waals surface area contributed by atoms with Gasteiger partial charge in [0.05, 0.1) is 20.1 Å². The van der Waals surface area contributed by atoms with E-state index in [1.807, 2.05) is 60.7 Å². The molecule has 0 aliphatic carbocycles. The van der Waals surface area contributed by atoms with Gasteiger partial charge in [-0.3, -0.25) is 14.9 Å². The fourth-order valence-corrected chi connectivity index (χ4v) is 4.46. The van der Waals surface area contributed by atoms with Gasteiger partial charge in [0.1, 0.15) is 11.8 Å². The van der Waals surface area contributed by atoms with Gasteiger partial charge in [-0.2, -0.15) is 0 Å². The van der Waals surface area contributed by atoms with Crippen molar-refractivity contribution in [2.24, 2.45) is 5.92 Å². The Balaban J connectivity index is 1.83. The molecule has 0 amide bonds. The molecule has 0 unspecified atom stereocenters. The monoisotopic (exact) mass is 415 g/mol. The number of methoxy groups -OCH3 is 2. The van der Waals surface area contributed by atoms with E-state index in [1.54, 1.807) is 31.4 Å². The minimum absolute atomic E-state index is 0.0238. The van der Waals surface area contributed by atoms with E-state index < -0.39 is 12.0 Å². The van der Waals surface area contributed by atoms with E-state index in [-0.39, 0.29) is 23.7 Å². The minimum atomic E-state index is -0.634. The highest BCUT2D eigenvalue weighted by molar-refractivity contribution is 6.00. The summed E-state index contributed by atoms with van der Waals surface area (Å²) >= 11 is 0. The summed E-state index contributed by atoms with van der Waals surface area (Å²) in [7, 11) is 2.97. The highest BCUT2D eigenvalue weighted by Gasteiger charge is 2.51. The Hall–Kier alpha value is -3.44. The number of ketones is 1. The third-order valence-corrected chi connectivity index (χ3v) is 5.94. The lowest BCUT2D eigenvalue weighted by atomic mass is 9.76. The van der Waals surface area contributed by atoms with Crippen molar-refractivity contribution < 1.29 is 19.1 Å². The van der Waals surface area contributed by atoms with Gasteiger partial charge in [0, 0.05) is 17.5 Å². The number of nitrogens with one attached hydrogen (secondary N) is 1. The number of esters is 1. The van der Waals surface area contributed by atoms with Gasteiger partial charge in [0.2, 0.25) is 0 Å². The number of hydrogen-bond donors (Lipinski definition) is 1. The van der Waals surface area contributed by atoms with Crippen LogP contribution in [0.25, 0.3) is 0 Å². The normalized spacial score (nSPS) is 22.6. The van der Waals surface area contributed by atoms with Crippen LogP contribution in [-0.4, -0.2) is 32.0 Å². The van der Waals surface area contributed by atoms with E-state index in [1.165, 1.54) is 7.11 Å². The van der Waals surface area contributed by atoms with Crippen LogP contribution in [0.4, 0.5) is 0 Å². The summed E-state index contributed by atoms with van der Waals surface area (Å²) in [5.74, 6) is -0.562. The molecule has 5 heteroatoms. The van der Waals surface area contributed by atoms with Gasteiger partial charge in [-0.05, 0) is 35.4 Å². The maximum Gasteiger partial charge on any atom is 0.323 e. The predicted octanol–water partition coefficient (Wildman–Crippen LogP) is 4.16. The molecule has 1 aliphatic heterocycles. The molecule has 4 atom stereocenters. The fraction of sp³-hybridized carbons (Fsp3) is 0.231. The summed E-state index contributed by atoms with van der Waals surface area (Å²) in [6.45, 7) is 0. The molecule has 5 nitrogen and oxygen atoms in total. The number of Topliss-reactive ketones (excluding diaryl/α,β-unsaturated/α-hetero) is 1. The Labute approximate surface area is 182 Å². The molecule has 0 saturated carbocycles. The molecule has 0 spiro atoms. The molecule has 1 aliphatic rings. The number of hydrogen-bond acceptors (Lipinski definition) is 5. The van der Waals surface area contributed by atoms with Crippen LogP contribution in [0.15, 0.2) is 84.9 Å². The van der Waals surface area contributed by atoms with Crippen LogP contribution in [0.1, 0.15) is 33.4 Å². The maximum absolute atomic E-state index is 13.8. The summed E-state index contributed by atoms with van der Waals surface area (Å²) in [5.41, 5.74) is 2.47. The lowest BCUT2D eigenvalue weighted by molar-refractivity contribution is -0.143. The zero-order valence-corrected chi connectivity index (χ0v) is 17.5. The summed E-state index contributed by atoms with van der Waals surface area (Å²) in [4.78, 5) is 26.6. The minimum Gasteiger partial charge on any atom is -0.497 e. The number of ether oxygens (including phenoxy) is 2. The topological polar surface area (TPSA) is 64.6 Å². The molecule has 1 saturated heterocycles. The quantitative estimate of drug-likeness (QED) is 0.484. The molecule has 3 aromatic carbocycles. The van der Waals surface area contributed by atoms with Crippen molar-refractivity contribution in [2.75, 3.05) is 14.2 Å². The largest absolute Gasteiger partial charge is 0.497 e.